The molecular weight excluding hydrogens is 156 g/mol. The molecule has 5 nitrogen and oxygen atoms in total. The highest BCUT2D eigenvalue weighted by atomic mass is 16.1. The fourth-order valence-corrected chi connectivity index (χ4v) is 1.58. The van der Waals surface area contributed by atoms with Gasteiger partial charge in [0.1, 0.15) is 12.3 Å². The van der Waals surface area contributed by atoms with E-state index in [9.17, 15) is 4.79 Å². The Morgan fingerprint density at radius 2 is 1.17 bits per heavy atom. The van der Waals surface area contributed by atoms with Crippen LogP contribution in [0.25, 0.3) is 0 Å². The molecule has 2 heterocycles. The van der Waals surface area contributed by atoms with E-state index in [0.29, 0.717) is 0 Å². The van der Waals surface area contributed by atoms with Crippen LogP contribution in [-0.2, 0) is 4.79 Å². The van der Waals surface area contributed by atoms with Crippen molar-refractivity contribution in [2.75, 3.05) is 26.2 Å². The zero-order valence-electron chi connectivity index (χ0n) is 6.89. The van der Waals surface area contributed by atoms with Gasteiger partial charge in [-0.1, -0.05) is 0 Å². The lowest BCUT2D eigenvalue weighted by molar-refractivity contribution is -0.123. The van der Waals surface area contributed by atoms with E-state index in [1.54, 1.807) is 0 Å². The SMILES string of the molecule is O=C(C1NCCN1)C1NCCN1. The summed E-state index contributed by atoms with van der Waals surface area (Å²) in [6.07, 6.45) is -0.318. The van der Waals surface area contributed by atoms with E-state index in [4.69, 9.17) is 0 Å². The van der Waals surface area contributed by atoms with Crippen LogP contribution in [0, 0.1) is 0 Å². The predicted octanol–water partition coefficient (Wildman–Crippen LogP) is -2.41. The molecule has 0 aromatic carbocycles. The van der Waals surface area contributed by atoms with E-state index < -0.39 is 0 Å². The van der Waals surface area contributed by atoms with Gasteiger partial charge in [-0.3, -0.25) is 26.1 Å². The monoisotopic (exact) mass is 170 g/mol. The molecule has 0 unspecified atom stereocenters. The van der Waals surface area contributed by atoms with Gasteiger partial charge in [-0.2, -0.15) is 0 Å². The Morgan fingerprint density at radius 1 is 0.833 bits per heavy atom. The molecule has 12 heavy (non-hydrogen) atoms. The molecule has 2 rings (SSSR count). The number of hydrogen-bond donors (Lipinski definition) is 4. The maximum atomic E-state index is 11.6. The Labute approximate surface area is 71.3 Å². The summed E-state index contributed by atoms with van der Waals surface area (Å²) in [7, 11) is 0. The number of nitrogens with one attached hydrogen (secondary N) is 4. The van der Waals surface area contributed by atoms with Gasteiger partial charge < -0.3 is 0 Å². The molecule has 0 aliphatic carbocycles. The third kappa shape index (κ3) is 1.49. The van der Waals surface area contributed by atoms with Crippen LogP contribution in [0.15, 0.2) is 0 Å². The summed E-state index contributed by atoms with van der Waals surface area (Å²) in [6, 6.07) is 0. The first-order valence-electron chi connectivity index (χ1n) is 4.35. The first-order valence-corrected chi connectivity index (χ1v) is 4.35. The van der Waals surface area contributed by atoms with Gasteiger partial charge in [0.15, 0.2) is 5.78 Å². The van der Waals surface area contributed by atoms with Gasteiger partial charge in [-0.05, 0) is 0 Å². The number of hydrogen-bond acceptors (Lipinski definition) is 5. The smallest absolute Gasteiger partial charge is 0.195 e. The van der Waals surface area contributed by atoms with Crippen LogP contribution < -0.4 is 21.3 Å². The van der Waals surface area contributed by atoms with Crippen molar-refractivity contribution >= 4 is 5.78 Å². The molecule has 0 radical (unpaired) electrons. The minimum absolute atomic E-state index is 0.159. The molecule has 2 fully saturated rings. The third-order valence-electron chi connectivity index (χ3n) is 2.21. The van der Waals surface area contributed by atoms with Crippen LogP contribution in [0.5, 0.6) is 0 Å². The topological polar surface area (TPSA) is 65.2 Å². The van der Waals surface area contributed by atoms with E-state index in [0.717, 1.165) is 26.2 Å². The molecule has 0 bridgehead atoms. The third-order valence-corrected chi connectivity index (χ3v) is 2.21. The minimum atomic E-state index is -0.159. The van der Waals surface area contributed by atoms with Gasteiger partial charge in [0.2, 0.25) is 0 Å². The highest BCUT2D eigenvalue weighted by Gasteiger charge is 2.29. The van der Waals surface area contributed by atoms with Crippen LogP contribution in [0.2, 0.25) is 0 Å². The predicted molar refractivity (Wildman–Crippen MR) is 44.6 cm³/mol. The zero-order chi connectivity index (χ0) is 8.39. The number of rotatable bonds is 2. The fraction of sp³-hybridized carbons (Fsp3) is 0.857. The average Bonchev–Trinajstić information content (AvgIpc) is 2.77. The van der Waals surface area contributed by atoms with Crippen molar-refractivity contribution in [1.29, 1.82) is 0 Å². The Bertz CT molecular complexity index is 154. The molecule has 68 valence electrons. The molecule has 0 aromatic heterocycles. The molecule has 0 spiro atoms. The quantitative estimate of drug-likeness (QED) is 0.372. The second-order valence-corrected chi connectivity index (χ2v) is 3.08. The molecule has 2 saturated heterocycles. The first kappa shape index (κ1) is 8.12. The standard InChI is InChI=1S/C7H14N4O/c12-5(6-8-1-2-9-6)7-10-3-4-11-7/h6-11H,1-4H2. The van der Waals surface area contributed by atoms with Crippen molar-refractivity contribution in [3.05, 3.63) is 0 Å². The first-order chi connectivity index (χ1) is 5.88. The van der Waals surface area contributed by atoms with Crippen LogP contribution in [0.4, 0.5) is 0 Å². The van der Waals surface area contributed by atoms with Gasteiger partial charge in [0.05, 0.1) is 0 Å². The lowest BCUT2D eigenvalue weighted by Gasteiger charge is -2.15. The molecule has 2 aliphatic rings. The van der Waals surface area contributed by atoms with Crippen LogP contribution >= 0.6 is 0 Å². The molecule has 2 aliphatic heterocycles. The van der Waals surface area contributed by atoms with Crippen molar-refractivity contribution in [3.8, 4) is 0 Å². The molecule has 0 aromatic rings. The summed E-state index contributed by atoms with van der Waals surface area (Å²) in [5, 5.41) is 12.4. The van der Waals surface area contributed by atoms with E-state index in [1.165, 1.54) is 0 Å². The van der Waals surface area contributed by atoms with Gasteiger partial charge in [0, 0.05) is 26.2 Å². The largest absolute Gasteiger partial charge is 0.294 e. The Hall–Kier alpha value is -0.490. The highest BCUT2D eigenvalue weighted by Crippen LogP contribution is 1.94. The second kappa shape index (κ2) is 3.49. The minimum Gasteiger partial charge on any atom is -0.294 e. The Kier molecular flexibility index (Phi) is 2.36. The zero-order valence-corrected chi connectivity index (χ0v) is 6.89. The van der Waals surface area contributed by atoms with Gasteiger partial charge >= 0.3 is 0 Å². The summed E-state index contributed by atoms with van der Waals surface area (Å²) >= 11 is 0. The summed E-state index contributed by atoms with van der Waals surface area (Å²) in [4.78, 5) is 11.6. The van der Waals surface area contributed by atoms with E-state index in [2.05, 4.69) is 21.3 Å². The molecule has 0 saturated carbocycles. The summed E-state index contributed by atoms with van der Waals surface area (Å²) < 4.78 is 0. The van der Waals surface area contributed by atoms with Crippen LogP contribution in [0.1, 0.15) is 0 Å². The summed E-state index contributed by atoms with van der Waals surface area (Å²) in [6.45, 7) is 3.51. The van der Waals surface area contributed by atoms with Crippen LogP contribution in [0.3, 0.4) is 0 Å². The highest BCUT2D eigenvalue weighted by molar-refractivity contribution is 5.88. The van der Waals surface area contributed by atoms with Crippen molar-refractivity contribution < 1.29 is 4.79 Å². The van der Waals surface area contributed by atoms with E-state index in [1.807, 2.05) is 0 Å². The Balaban J connectivity index is 1.89. The lowest BCUT2D eigenvalue weighted by atomic mass is 10.2. The molecule has 4 N–H and O–H groups in total. The van der Waals surface area contributed by atoms with Gasteiger partial charge in [-0.25, -0.2) is 0 Å². The molecular formula is C7H14N4O. The van der Waals surface area contributed by atoms with Crippen molar-refractivity contribution in [3.63, 3.8) is 0 Å². The molecule has 0 amide bonds. The average molecular weight is 170 g/mol. The van der Waals surface area contributed by atoms with Crippen LogP contribution in [-0.4, -0.2) is 44.3 Å². The van der Waals surface area contributed by atoms with Gasteiger partial charge in [-0.15, -0.1) is 0 Å². The number of carbonyl (C=O) groups excluding carboxylic acids is 1. The van der Waals surface area contributed by atoms with E-state index >= 15 is 0 Å². The normalized spacial score (nSPS) is 26.7. The number of carbonyl (C=O) groups is 1. The van der Waals surface area contributed by atoms with E-state index in [-0.39, 0.29) is 18.1 Å². The van der Waals surface area contributed by atoms with Crippen molar-refractivity contribution in [1.82, 2.24) is 21.3 Å². The maximum Gasteiger partial charge on any atom is 0.195 e. The fourth-order valence-electron chi connectivity index (χ4n) is 1.58. The summed E-state index contributed by atoms with van der Waals surface area (Å²) in [5.74, 6) is 0.171. The molecule has 0 atom stereocenters. The van der Waals surface area contributed by atoms with Crippen molar-refractivity contribution in [2.45, 2.75) is 12.3 Å². The number of ketones is 1. The second-order valence-electron chi connectivity index (χ2n) is 3.08. The maximum absolute atomic E-state index is 11.6. The van der Waals surface area contributed by atoms with Gasteiger partial charge in [0.25, 0.3) is 0 Å². The van der Waals surface area contributed by atoms with Crippen molar-refractivity contribution in [2.24, 2.45) is 0 Å². The lowest BCUT2D eigenvalue weighted by Crippen LogP contribution is -2.52. The number of Topliss-reactive ketones (excluding diaryl/α,β-unsaturated/α-hetero) is 1. The summed E-state index contributed by atoms with van der Waals surface area (Å²) in [5.41, 5.74) is 0. The Morgan fingerprint density at radius 3 is 1.50 bits per heavy atom. The molecule has 5 heteroatoms.